The van der Waals surface area contributed by atoms with Crippen LogP contribution in [0, 0.1) is 0 Å². The Morgan fingerprint density at radius 3 is 2.20 bits per heavy atom. The van der Waals surface area contributed by atoms with E-state index in [-0.39, 0.29) is 0 Å². The molecule has 0 atom stereocenters. The topological polar surface area (TPSA) is 52.8 Å². The molecule has 4 nitrogen and oxygen atoms in total. The van der Waals surface area contributed by atoms with E-state index in [0.717, 1.165) is 5.52 Å². The van der Waals surface area contributed by atoms with Gasteiger partial charge in [-0.15, -0.1) is 0 Å². The van der Waals surface area contributed by atoms with E-state index in [4.69, 9.17) is 0 Å². The first-order valence-corrected chi connectivity index (χ1v) is 3.77. The van der Waals surface area contributed by atoms with Gasteiger partial charge in [0.2, 0.25) is 0 Å². The highest BCUT2D eigenvalue weighted by molar-refractivity contribution is 6.50. The number of H-pyrrole nitrogens is 1. The summed E-state index contributed by atoms with van der Waals surface area (Å²) in [6.45, 7) is 0. The number of fused-ring (bicyclic) bond motifs is 1. The van der Waals surface area contributed by atoms with Gasteiger partial charge in [-0.3, -0.25) is 0 Å². The standard InChI is InChI=1S/C6H4N4.BF4/c1-2-9-6-5(8-1)3-7-4-10-6;2-1(3,4)5/h1-4H;/q;-1/p+1. The van der Waals surface area contributed by atoms with Crippen LogP contribution in [-0.4, -0.2) is 22.2 Å². The van der Waals surface area contributed by atoms with Crippen LogP contribution in [0.3, 0.4) is 0 Å². The van der Waals surface area contributed by atoms with E-state index in [1.54, 1.807) is 24.9 Å². The molecule has 1 N–H and O–H groups in total. The Balaban J connectivity index is 0.000000195. The fourth-order valence-corrected chi connectivity index (χ4v) is 0.757. The lowest BCUT2D eigenvalue weighted by Gasteiger charge is -1.94. The molecule has 2 heterocycles. The number of nitrogens with zero attached hydrogens (tertiary/aromatic N) is 3. The SMILES string of the molecule is F[B-](F)(F)F.c1cnc2nc[nH+]cc2n1. The van der Waals surface area contributed by atoms with Crippen molar-refractivity contribution in [3.8, 4) is 0 Å². The van der Waals surface area contributed by atoms with Crippen LogP contribution < -0.4 is 4.98 Å². The molecule has 0 saturated carbocycles. The fourth-order valence-electron chi connectivity index (χ4n) is 0.757. The highest BCUT2D eigenvalue weighted by atomic mass is 19.5. The molecule has 0 spiro atoms. The van der Waals surface area contributed by atoms with Gasteiger partial charge in [-0.2, -0.15) is 0 Å². The first-order valence-electron chi connectivity index (χ1n) is 3.77. The first-order chi connectivity index (χ1) is 6.97. The molecule has 0 fully saturated rings. The quantitative estimate of drug-likeness (QED) is 0.494. The van der Waals surface area contributed by atoms with Gasteiger partial charge < -0.3 is 17.3 Å². The molecule has 2 aromatic heterocycles. The van der Waals surface area contributed by atoms with E-state index < -0.39 is 7.25 Å². The van der Waals surface area contributed by atoms with Gasteiger partial charge in [0.05, 0.1) is 0 Å². The van der Waals surface area contributed by atoms with Crippen molar-refractivity contribution in [3.05, 3.63) is 24.9 Å². The van der Waals surface area contributed by atoms with Gasteiger partial charge in [0.15, 0.2) is 5.52 Å². The van der Waals surface area contributed by atoms with Crippen LogP contribution in [0.4, 0.5) is 17.3 Å². The monoisotopic (exact) mass is 220 g/mol. The Bertz CT molecular complexity index is 363. The Hall–Kier alpha value is -1.80. The van der Waals surface area contributed by atoms with E-state index in [1.165, 1.54) is 0 Å². The van der Waals surface area contributed by atoms with Crippen LogP contribution in [0.5, 0.6) is 0 Å². The second-order valence-electron chi connectivity index (χ2n) is 2.33. The van der Waals surface area contributed by atoms with Crippen molar-refractivity contribution in [2.75, 3.05) is 0 Å². The average molecular weight is 220 g/mol. The predicted molar refractivity (Wildman–Crippen MR) is 44.1 cm³/mol. The summed E-state index contributed by atoms with van der Waals surface area (Å²) in [5.74, 6) is 0. The lowest BCUT2D eigenvalue weighted by Crippen LogP contribution is -2.02. The summed E-state index contributed by atoms with van der Waals surface area (Å²) < 4.78 is 39.0. The number of nitrogens with one attached hydrogen (secondary N) is 1. The molecule has 2 rings (SSSR count). The highest BCUT2D eigenvalue weighted by Gasteiger charge is 2.20. The minimum absolute atomic E-state index is 0.668. The lowest BCUT2D eigenvalue weighted by molar-refractivity contribution is -0.380. The van der Waals surface area contributed by atoms with Gasteiger partial charge in [0.25, 0.3) is 12.0 Å². The van der Waals surface area contributed by atoms with Crippen LogP contribution in [0.2, 0.25) is 0 Å². The fraction of sp³-hybridized carbons (Fsp3) is 0. The van der Waals surface area contributed by atoms with Crippen molar-refractivity contribution in [2.45, 2.75) is 0 Å². The number of rotatable bonds is 0. The van der Waals surface area contributed by atoms with E-state index >= 15 is 0 Å². The smallest absolute Gasteiger partial charge is 0.418 e. The Morgan fingerprint density at radius 1 is 1.00 bits per heavy atom. The van der Waals surface area contributed by atoms with Crippen molar-refractivity contribution in [1.29, 1.82) is 0 Å². The first kappa shape index (κ1) is 11.3. The van der Waals surface area contributed by atoms with Gasteiger partial charge in [-0.1, -0.05) is 0 Å². The van der Waals surface area contributed by atoms with Crippen molar-refractivity contribution in [1.82, 2.24) is 15.0 Å². The molecule has 0 unspecified atom stereocenters. The molecule has 0 saturated heterocycles. The summed E-state index contributed by atoms with van der Waals surface area (Å²) >= 11 is 0. The van der Waals surface area contributed by atoms with Gasteiger partial charge in [-0.25, -0.2) is 15.0 Å². The second-order valence-corrected chi connectivity index (χ2v) is 2.33. The van der Waals surface area contributed by atoms with Crippen LogP contribution >= 0.6 is 0 Å². The summed E-state index contributed by atoms with van der Waals surface area (Å²) in [5, 5.41) is 0. The third-order valence-electron chi connectivity index (χ3n) is 1.19. The second kappa shape index (κ2) is 4.62. The number of aromatic nitrogens is 4. The molecule has 2 aromatic rings. The maximum absolute atomic E-state index is 9.75. The average Bonchev–Trinajstić information content (AvgIpc) is 2.16. The van der Waals surface area contributed by atoms with Crippen molar-refractivity contribution in [2.24, 2.45) is 0 Å². The molecule has 0 radical (unpaired) electrons. The minimum Gasteiger partial charge on any atom is -0.418 e. The van der Waals surface area contributed by atoms with Gasteiger partial charge >= 0.3 is 7.25 Å². The molecular formula is C6H5BF4N4. The Morgan fingerprint density at radius 2 is 1.60 bits per heavy atom. The summed E-state index contributed by atoms with van der Waals surface area (Å²) in [4.78, 5) is 14.8. The van der Waals surface area contributed by atoms with E-state index in [2.05, 4.69) is 19.9 Å². The van der Waals surface area contributed by atoms with Gasteiger partial charge in [0, 0.05) is 12.4 Å². The Kier molecular flexibility index (Phi) is 3.48. The van der Waals surface area contributed by atoms with E-state index in [0.29, 0.717) is 5.65 Å². The van der Waals surface area contributed by atoms with Gasteiger partial charge in [0.1, 0.15) is 6.20 Å². The lowest BCUT2D eigenvalue weighted by atomic mass is 10.3. The maximum atomic E-state index is 9.75. The third kappa shape index (κ3) is 4.84. The van der Waals surface area contributed by atoms with Crippen LogP contribution in [0.15, 0.2) is 24.9 Å². The van der Waals surface area contributed by atoms with Crippen molar-refractivity contribution in [3.63, 3.8) is 0 Å². The summed E-state index contributed by atoms with van der Waals surface area (Å²) in [6.07, 6.45) is 6.60. The molecule has 0 amide bonds. The number of halogens is 4. The Labute approximate surface area is 81.5 Å². The zero-order valence-corrected chi connectivity index (χ0v) is 7.24. The largest absolute Gasteiger partial charge is 0.673 e. The number of aromatic amines is 1. The normalized spacial score (nSPS) is 10.7. The number of hydrogen-bond donors (Lipinski definition) is 0. The van der Waals surface area contributed by atoms with Crippen molar-refractivity contribution < 1.29 is 22.2 Å². The summed E-state index contributed by atoms with van der Waals surface area (Å²) in [5.41, 5.74) is 1.45. The van der Waals surface area contributed by atoms with Crippen LogP contribution in [-0.2, 0) is 0 Å². The third-order valence-corrected chi connectivity index (χ3v) is 1.19. The highest BCUT2D eigenvalue weighted by Crippen LogP contribution is 2.06. The summed E-state index contributed by atoms with van der Waals surface area (Å²) in [7, 11) is -6.00. The summed E-state index contributed by atoms with van der Waals surface area (Å²) in [6, 6.07) is 0. The van der Waals surface area contributed by atoms with E-state index in [1.807, 2.05) is 0 Å². The molecule has 0 aliphatic heterocycles. The molecule has 0 bridgehead atoms. The maximum Gasteiger partial charge on any atom is 0.673 e. The molecule has 80 valence electrons. The van der Waals surface area contributed by atoms with Gasteiger partial charge in [-0.05, 0) is 4.98 Å². The molecule has 9 heteroatoms. The molecule has 15 heavy (non-hydrogen) atoms. The van der Waals surface area contributed by atoms with Crippen molar-refractivity contribution >= 4 is 18.4 Å². The minimum atomic E-state index is -6.00. The zero-order chi connectivity index (χ0) is 11.3. The zero-order valence-electron chi connectivity index (χ0n) is 7.24. The van der Waals surface area contributed by atoms with Crippen LogP contribution in [0.1, 0.15) is 0 Å². The molecule has 0 aliphatic carbocycles. The molecule has 0 aromatic carbocycles. The van der Waals surface area contributed by atoms with Crippen LogP contribution in [0.25, 0.3) is 11.2 Å². The molecular weight excluding hydrogens is 215 g/mol. The van der Waals surface area contributed by atoms with E-state index in [9.17, 15) is 17.3 Å². The predicted octanol–water partition coefficient (Wildman–Crippen LogP) is 1.14. The number of hydrogen-bond acceptors (Lipinski definition) is 3. The molecule has 0 aliphatic rings.